The molecule has 0 radical (unpaired) electrons. The van der Waals surface area contributed by atoms with E-state index in [9.17, 15) is 14.9 Å². The van der Waals surface area contributed by atoms with Crippen LogP contribution in [-0.4, -0.2) is 10.8 Å². The van der Waals surface area contributed by atoms with Crippen molar-refractivity contribution >= 4 is 17.3 Å². The van der Waals surface area contributed by atoms with Crippen LogP contribution in [0.15, 0.2) is 78.9 Å². The van der Waals surface area contributed by atoms with E-state index in [1.807, 2.05) is 42.5 Å². The number of rotatable bonds is 4. The Morgan fingerprint density at radius 2 is 1.38 bits per heavy atom. The summed E-state index contributed by atoms with van der Waals surface area (Å²) in [6.45, 7) is 0. The van der Waals surface area contributed by atoms with E-state index in [2.05, 4.69) is 5.32 Å². The molecule has 118 valence electrons. The van der Waals surface area contributed by atoms with Crippen molar-refractivity contribution in [3.05, 3.63) is 94.5 Å². The number of amides is 1. The fourth-order valence-corrected chi connectivity index (χ4v) is 2.38. The molecule has 0 saturated heterocycles. The number of nitro groups is 1. The van der Waals surface area contributed by atoms with Gasteiger partial charge in [0.15, 0.2) is 0 Å². The fourth-order valence-electron chi connectivity index (χ4n) is 2.38. The Labute approximate surface area is 138 Å². The number of benzene rings is 3. The van der Waals surface area contributed by atoms with Crippen molar-refractivity contribution in [2.24, 2.45) is 0 Å². The highest BCUT2D eigenvalue weighted by Gasteiger charge is 2.15. The molecule has 0 bridgehead atoms. The molecule has 5 heteroatoms. The average Bonchev–Trinajstić information content (AvgIpc) is 2.63. The summed E-state index contributed by atoms with van der Waals surface area (Å²) in [4.78, 5) is 22.8. The molecular weight excluding hydrogens is 304 g/mol. The molecular formula is C19H14N2O3. The zero-order valence-electron chi connectivity index (χ0n) is 12.7. The molecule has 0 spiro atoms. The molecule has 3 aromatic rings. The molecule has 0 aliphatic rings. The van der Waals surface area contributed by atoms with Gasteiger partial charge in [0.2, 0.25) is 0 Å². The first-order valence-electron chi connectivity index (χ1n) is 7.35. The number of hydrogen-bond donors (Lipinski definition) is 1. The lowest BCUT2D eigenvalue weighted by Gasteiger charge is -2.07. The number of nitro benzene ring substituents is 1. The van der Waals surface area contributed by atoms with Gasteiger partial charge in [-0.3, -0.25) is 14.9 Å². The number of nitrogens with zero attached hydrogens (tertiary/aromatic N) is 1. The zero-order chi connectivity index (χ0) is 16.9. The Kier molecular flexibility index (Phi) is 4.34. The number of carbonyl (C=O) groups is 1. The lowest BCUT2D eigenvalue weighted by atomic mass is 10.0. The van der Waals surface area contributed by atoms with Crippen LogP contribution in [0.25, 0.3) is 11.1 Å². The van der Waals surface area contributed by atoms with Crippen molar-refractivity contribution in [2.45, 2.75) is 0 Å². The summed E-state index contributed by atoms with van der Waals surface area (Å²) in [7, 11) is 0. The third-order valence-corrected chi connectivity index (χ3v) is 3.60. The van der Waals surface area contributed by atoms with Crippen molar-refractivity contribution in [1.82, 2.24) is 0 Å². The van der Waals surface area contributed by atoms with Crippen LogP contribution in [-0.2, 0) is 0 Å². The van der Waals surface area contributed by atoms with Gasteiger partial charge in [-0.2, -0.15) is 0 Å². The molecule has 1 N–H and O–H groups in total. The molecule has 0 fully saturated rings. The Bertz CT molecular complexity index is 875. The molecule has 3 rings (SSSR count). The van der Waals surface area contributed by atoms with Crippen LogP contribution >= 0.6 is 0 Å². The van der Waals surface area contributed by atoms with E-state index >= 15 is 0 Å². The first-order valence-corrected chi connectivity index (χ1v) is 7.35. The second-order valence-corrected chi connectivity index (χ2v) is 5.17. The molecule has 5 nitrogen and oxygen atoms in total. The molecule has 0 atom stereocenters. The minimum atomic E-state index is -0.520. The summed E-state index contributed by atoms with van der Waals surface area (Å²) in [5.74, 6) is -0.385. The largest absolute Gasteiger partial charge is 0.316 e. The van der Waals surface area contributed by atoms with Gasteiger partial charge in [0.1, 0.15) is 5.69 Å². The average molecular weight is 318 g/mol. The van der Waals surface area contributed by atoms with Crippen LogP contribution in [0.2, 0.25) is 0 Å². The number of hydrogen-bond acceptors (Lipinski definition) is 3. The van der Waals surface area contributed by atoms with Gasteiger partial charge in [-0.15, -0.1) is 0 Å². The maximum Gasteiger partial charge on any atom is 0.292 e. The summed E-state index contributed by atoms with van der Waals surface area (Å²) < 4.78 is 0. The van der Waals surface area contributed by atoms with Crippen LogP contribution < -0.4 is 5.32 Å². The standard InChI is InChI=1S/C19H14N2O3/c22-19(20-17-8-4-5-9-18(17)21(23)24)16-12-10-15(11-13-16)14-6-2-1-3-7-14/h1-13H,(H,20,22). The van der Waals surface area contributed by atoms with E-state index in [0.717, 1.165) is 11.1 Å². The number of anilines is 1. The Morgan fingerprint density at radius 1 is 0.792 bits per heavy atom. The highest BCUT2D eigenvalue weighted by molar-refractivity contribution is 6.05. The molecule has 1 amide bonds. The van der Waals surface area contributed by atoms with Gasteiger partial charge in [0, 0.05) is 11.6 Å². The third kappa shape index (κ3) is 3.30. The van der Waals surface area contributed by atoms with Gasteiger partial charge in [-0.05, 0) is 29.3 Å². The predicted octanol–water partition coefficient (Wildman–Crippen LogP) is 4.51. The Balaban J connectivity index is 1.80. The van der Waals surface area contributed by atoms with E-state index in [1.165, 1.54) is 12.1 Å². The van der Waals surface area contributed by atoms with E-state index in [4.69, 9.17) is 0 Å². The maximum absolute atomic E-state index is 12.3. The quantitative estimate of drug-likeness (QED) is 0.568. The van der Waals surface area contributed by atoms with Crippen molar-refractivity contribution < 1.29 is 9.72 Å². The van der Waals surface area contributed by atoms with Gasteiger partial charge in [-0.1, -0.05) is 54.6 Å². The zero-order valence-corrected chi connectivity index (χ0v) is 12.7. The Hall–Kier alpha value is -3.47. The van der Waals surface area contributed by atoms with Crippen LogP contribution in [0.3, 0.4) is 0 Å². The highest BCUT2D eigenvalue weighted by atomic mass is 16.6. The van der Waals surface area contributed by atoms with E-state index in [-0.39, 0.29) is 17.3 Å². The normalized spacial score (nSPS) is 10.2. The third-order valence-electron chi connectivity index (χ3n) is 3.60. The molecule has 0 heterocycles. The van der Waals surface area contributed by atoms with Gasteiger partial charge >= 0.3 is 0 Å². The smallest absolute Gasteiger partial charge is 0.292 e. The van der Waals surface area contributed by atoms with Crippen molar-refractivity contribution in [2.75, 3.05) is 5.32 Å². The molecule has 3 aromatic carbocycles. The van der Waals surface area contributed by atoms with Gasteiger partial charge in [0.25, 0.3) is 11.6 Å². The molecule has 0 aliphatic carbocycles. The van der Waals surface area contributed by atoms with Crippen LogP contribution in [0, 0.1) is 10.1 Å². The molecule has 0 aliphatic heterocycles. The Morgan fingerprint density at radius 3 is 2.04 bits per heavy atom. The molecule has 0 unspecified atom stereocenters. The maximum atomic E-state index is 12.3. The lowest BCUT2D eigenvalue weighted by Crippen LogP contribution is -2.12. The summed E-state index contributed by atoms with van der Waals surface area (Å²) >= 11 is 0. The van der Waals surface area contributed by atoms with Crippen molar-refractivity contribution in [3.63, 3.8) is 0 Å². The fraction of sp³-hybridized carbons (Fsp3) is 0. The van der Waals surface area contributed by atoms with Crippen LogP contribution in [0.1, 0.15) is 10.4 Å². The van der Waals surface area contributed by atoms with E-state index < -0.39 is 4.92 Å². The summed E-state index contributed by atoms with van der Waals surface area (Å²) in [6, 6.07) is 23.0. The van der Waals surface area contributed by atoms with Crippen LogP contribution in [0.4, 0.5) is 11.4 Å². The monoisotopic (exact) mass is 318 g/mol. The van der Waals surface area contributed by atoms with Crippen molar-refractivity contribution in [1.29, 1.82) is 0 Å². The lowest BCUT2D eigenvalue weighted by molar-refractivity contribution is -0.383. The minimum Gasteiger partial charge on any atom is -0.316 e. The van der Waals surface area contributed by atoms with Crippen molar-refractivity contribution in [3.8, 4) is 11.1 Å². The summed E-state index contributed by atoms with van der Waals surface area (Å²) in [5, 5.41) is 13.6. The molecule has 0 aromatic heterocycles. The van der Waals surface area contributed by atoms with E-state index in [1.54, 1.807) is 24.3 Å². The topological polar surface area (TPSA) is 72.2 Å². The van der Waals surface area contributed by atoms with E-state index in [0.29, 0.717) is 5.56 Å². The number of nitrogens with one attached hydrogen (secondary N) is 1. The number of carbonyl (C=O) groups excluding carboxylic acids is 1. The summed E-state index contributed by atoms with van der Waals surface area (Å²) in [6.07, 6.45) is 0. The van der Waals surface area contributed by atoms with Gasteiger partial charge in [0.05, 0.1) is 4.92 Å². The highest BCUT2D eigenvalue weighted by Crippen LogP contribution is 2.24. The summed E-state index contributed by atoms with van der Waals surface area (Å²) in [5.41, 5.74) is 2.54. The minimum absolute atomic E-state index is 0.133. The molecule has 24 heavy (non-hydrogen) atoms. The predicted molar refractivity (Wildman–Crippen MR) is 92.9 cm³/mol. The SMILES string of the molecule is O=C(Nc1ccccc1[N+](=O)[O-])c1ccc(-c2ccccc2)cc1. The first-order chi connectivity index (χ1) is 11.6. The second-order valence-electron chi connectivity index (χ2n) is 5.17. The first kappa shape index (κ1) is 15.4. The second kappa shape index (κ2) is 6.75. The van der Waals surface area contributed by atoms with Crippen LogP contribution in [0.5, 0.6) is 0 Å². The van der Waals surface area contributed by atoms with Gasteiger partial charge < -0.3 is 5.32 Å². The number of para-hydroxylation sites is 2. The van der Waals surface area contributed by atoms with Gasteiger partial charge in [-0.25, -0.2) is 0 Å². The molecule has 0 saturated carbocycles.